The first-order valence-corrected chi connectivity index (χ1v) is 7.22. The number of ether oxygens (including phenoxy) is 1. The fourth-order valence-electron chi connectivity index (χ4n) is 1.94. The second-order valence-electron chi connectivity index (χ2n) is 6.54. The number of nitrogens with one attached hydrogen (secondary N) is 1. The molecule has 1 aromatic rings. The van der Waals surface area contributed by atoms with E-state index < -0.39 is 0 Å². The van der Waals surface area contributed by atoms with Gasteiger partial charge in [0.2, 0.25) is 0 Å². The lowest BCUT2D eigenvalue weighted by Crippen LogP contribution is -2.42. The van der Waals surface area contributed by atoms with Gasteiger partial charge in [0.25, 0.3) is 0 Å². The van der Waals surface area contributed by atoms with Crippen molar-refractivity contribution in [3.8, 4) is 5.75 Å². The zero-order chi connectivity index (χ0) is 14.5. The highest BCUT2D eigenvalue weighted by Gasteiger charge is 2.20. The van der Waals surface area contributed by atoms with Crippen LogP contribution < -0.4 is 10.1 Å². The van der Waals surface area contributed by atoms with Crippen LogP contribution in [0.25, 0.3) is 0 Å². The average molecular weight is 263 g/mol. The molecule has 0 saturated heterocycles. The van der Waals surface area contributed by atoms with Crippen molar-refractivity contribution in [2.45, 2.75) is 59.5 Å². The minimum absolute atomic E-state index is 0.314. The third-order valence-electron chi connectivity index (χ3n) is 3.86. The van der Waals surface area contributed by atoms with E-state index in [9.17, 15) is 0 Å². The fourth-order valence-corrected chi connectivity index (χ4v) is 1.94. The summed E-state index contributed by atoms with van der Waals surface area (Å²) in [6, 6.07) is 9.43. The number of rotatable bonds is 6. The summed E-state index contributed by atoms with van der Waals surface area (Å²) >= 11 is 0. The summed E-state index contributed by atoms with van der Waals surface area (Å²) in [6.07, 6.45) is 2.27. The molecule has 1 rings (SSSR count). The molecule has 1 N–H and O–H groups in total. The van der Waals surface area contributed by atoms with E-state index in [0.717, 1.165) is 18.6 Å². The van der Waals surface area contributed by atoms with Gasteiger partial charge in [0, 0.05) is 12.1 Å². The van der Waals surface area contributed by atoms with Crippen molar-refractivity contribution >= 4 is 0 Å². The molecule has 0 amide bonds. The third kappa shape index (κ3) is 5.65. The molecule has 0 saturated carbocycles. The van der Waals surface area contributed by atoms with E-state index in [1.807, 2.05) is 12.1 Å². The molecule has 0 aliphatic rings. The summed E-state index contributed by atoms with van der Waals surface area (Å²) < 4.78 is 5.17. The molecule has 108 valence electrons. The molecule has 2 heteroatoms. The number of hydrogen-bond acceptors (Lipinski definition) is 2. The maximum absolute atomic E-state index is 5.17. The van der Waals surface area contributed by atoms with E-state index in [0.29, 0.717) is 17.5 Å². The molecule has 0 spiro atoms. The Bertz CT molecular complexity index is 364. The zero-order valence-electron chi connectivity index (χ0n) is 13.3. The van der Waals surface area contributed by atoms with Crippen LogP contribution >= 0.6 is 0 Å². The van der Waals surface area contributed by atoms with E-state index in [-0.39, 0.29) is 0 Å². The molecule has 0 aromatic heterocycles. The van der Waals surface area contributed by atoms with Crippen LogP contribution in [-0.4, -0.2) is 19.2 Å². The van der Waals surface area contributed by atoms with Gasteiger partial charge in [0.1, 0.15) is 5.75 Å². The standard InChI is InChI=1S/C17H29NO/c1-13(18-14(2)17(3,4)5)7-8-15-9-11-16(19-6)12-10-15/h9-14,18H,7-8H2,1-6H3. The second kappa shape index (κ2) is 6.95. The van der Waals surface area contributed by atoms with Gasteiger partial charge in [-0.25, -0.2) is 0 Å². The van der Waals surface area contributed by atoms with Crippen molar-refractivity contribution in [3.05, 3.63) is 29.8 Å². The Balaban J connectivity index is 2.39. The lowest BCUT2D eigenvalue weighted by atomic mass is 9.87. The first kappa shape index (κ1) is 16.0. The molecule has 0 aliphatic carbocycles. The first-order chi connectivity index (χ1) is 8.82. The largest absolute Gasteiger partial charge is 0.497 e. The molecule has 0 fully saturated rings. The molecular weight excluding hydrogens is 234 g/mol. The van der Waals surface area contributed by atoms with Gasteiger partial charge in [-0.1, -0.05) is 32.9 Å². The minimum Gasteiger partial charge on any atom is -0.497 e. The highest BCUT2D eigenvalue weighted by Crippen LogP contribution is 2.19. The second-order valence-corrected chi connectivity index (χ2v) is 6.54. The quantitative estimate of drug-likeness (QED) is 0.836. The van der Waals surface area contributed by atoms with Crippen molar-refractivity contribution in [2.75, 3.05) is 7.11 Å². The molecular formula is C17H29NO. The Kier molecular flexibility index (Phi) is 5.86. The molecule has 2 atom stereocenters. The van der Waals surface area contributed by atoms with E-state index >= 15 is 0 Å². The summed E-state index contributed by atoms with van der Waals surface area (Å²) in [6.45, 7) is 11.4. The Morgan fingerprint density at radius 3 is 2.16 bits per heavy atom. The van der Waals surface area contributed by atoms with E-state index in [1.165, 1.54) is 5.56 Å². The monoisotopic (exact) mass is 263 g/mol. The molecule has 0 aliphatic heterocycles. The van der Waals surface area contributed by atoms with Crippen molar-refractivity contribution in [2.24, 2.45) is 5.41 Å². The smallest absolute Gasteiger partial charge is 0.118 e. The highest BCUT2D eigenvalue weighted by atomic mass is 16.5. The minimum atomic E-state index is 0.314. The lowest BCUT2D eigenvalue weighted by molar-refractivity contribution is 0.263. The highest BCUT2D eigenvalue weighted by molar-refractivity contribution is 5.27. The Morgan fingerprint density at radius 1 is 1.11 bits per heavy atom. The predicted molar refractivity (Wildman–Crippen MR) is 82.8 cm³/mol. The van der Waals surface area contributed by atoms with Crippen LogP contribution in [0.2, 0.25) is 0 Å². The van der Waals surface area contributed by atoms with Crippen LogP contribution in [0, 0.1) is 5.41 Å². The van der Waals surface area contributed by atoms with Crippen LogP contribution in [0.15, 0.2) is 24.3 Å². The molecule has 1 aromatic carbocycles. The number of hydrogen-bond donors (Lipinski definition) is 1. The van der Waals surface area contributed by atoms with Gasteiger partial charge in [0.15, 0.2) is 0 Å². The molecule has 0 heterocycles. The van der Waals surface area contributed by atoms with Crippen LogP contribution in [0.1, 0.15) is 46.6 Å². The first-order valence-electron chi connectivity index (χ1n) is 7.22. The van der Waals surface area contributed by atoms with Crippen LogP contribution in [0.4, 0.5) is 0 Å². The molecule has 19 heavy (non-hydrogen) atoms. The van der Waals surface area contributed by atoms with Crippen molar-refractivity contribution < 1.29 is 4.74 Å². The fraction of sp³-hybridized carbons (Fsp3) is 0.647. The number of methoxy groups -OCH3 is 1. The normalized spacial score (nSPS) is 15.1. The summed E-state index contributed by atoms with van der Waals surface area (Å²) in [5, 5.41) is 3.69. The molecule has 0 radical (unpaired) electrons. The summed E-state index contributed by atoms with van der Waals surface area (Å²) in [7, 11) is 1.70. The van der Waals surface area contributed by atoms with E-state index in [2.05, 4.69) is 52.1 Å². The number of benzene rings is 1. The van der Waals surface area contributed by atoms with Gasteiger partial charge in [-0.05, 0) is 49.8 Å². The van der Waals surface area contributed by atoms with Gasteiger partial charge < -0.3 is 10.1 Å². The van der Waals surface area contributed by atoms with Crippen LogP contribution in [0.3, 0.4) is 0 Å². The van der Waals surface area contributed by atoms with Gasteiger partial charge in [-0.15, -0.1) is 0 Å². The Morgan fingerprint density at radius 2 is 1.68 bits per heavy atom. The molecule has 2 unspecified atom stereocenters. The van der Waals surface area contributed by atoms with E-state index in [4.69, 9.17) is 4.74 Å². The SMILES string of the molecule is COc1ccc(CCC(C)NC(C)C(C)(C)C)cc1. The Labute approximate surface area is 118 Å². The van der Waals surface area contributed by atoms with Gasteiger partial charge in [-0.2, -0.15) is 0 Å². The maximum Gasteiger partial charge on any atom is 0.118 e. The third-order valence-corrected chi connectivity index (χ3v) is 3.86. The van der Waals surface area contributed by atoms with E-state index in [1.54, 1.807) is 7.11 Å². The molecule has 2 nitrogen and oxygen atoms in total. The average Bonchev–Trinajstić information content (AvgIpc) is 2.35. The zero-order valence-corrected chi connectivity index (χ0v) is 13.3. The van der Waals surface area contributed by atoms with Crippen LogP contribution in [-0.2, 0) is 6.42 Å². The number of aryl methyl sites for hydroxylation is 1. The van der Waals surface area contributed by atoms with Crippen molar-refractivity contribution in [3.63, 3.8) is 0 Å². The van der Waals surface area contributed by atoms with Gasteiger partial charge >= 0.3 is 0 Å². The lowest BCUT2D eigenvalue weighted by Gasteiger charge is -2.31. The summed E-state index contributed by atoms with van der Waals surface area (Å²) in [5.41, 5.74) is 1.69. The van der Waals surface area contributed by atoms with Gasteiger partial charge in [-0.3, -0.25) is 0 Å². The Hall–Kier alpha value is -1.02. The van der Waals surface area contributed by atoms with Gasteiger partial charge in [0.05, 0.1) is 7.11 Å². The van der Waals surface area contributed by atoms with Crippen molar-refractivity contribution in [1.82, 2.24) is 5.32 Å². The topological polar surface area (TPSA) is 21.3 Å². The predicted octanol–water partition coefficient (Wildman–Crippen LogP) is 4.04. The summed E-state index contributed by atoms with van der Waals surface area (Å²) in [5.74, 6) is 0.927. The molecule has 0 bridgehead atoms. The summed E-state index contributed by atoms with van der Waals surface area (Å²) in [4.78, 5) is 0. The van der Waals surface area contributed by atoms with Crippen LogP contribution in [0.5, 0.6) is 5.75 Å². The maximum atomic E-state index is 5.17. The van der Waals surface area contributed by atoms with Crippen molar-refractivity contribution in [1.29, 1.82) is 0 Å².